The summed E-state index contributed by atoms with van der Waals surface area (Å²) in [4.78, 5) is 13.3. The Labute approximate surface area is 131 Å². The number of amides is 1. The van der Waals surface area contributed by atoms with Crippen molar-refractivity contribution in [2.45, 2.75) is 19.9 Å². The third-order valence-electron chi connectivity index (χ3n) is 3.45. The third kappa shape index (κ3) is 2.67. The van der Waals surface area contributed by atoms with Crippen molar-refractivity contribution in [3.05, 3.63) is 45.4 Å². The molecule has 20 heavy (non-hydrogen) atoms. The number of rotatable bonds is 3. The van der Waals surface area contributed by atoms with Gasteiger partial charge in [-0.1, -0.05) is 0 Å². The lowest BCUT2D eigenvalue weighted by molar-refractivity contribution is -0.116. The van der Waals surface area contributed by atoms with Crippen LogP contribution in [0.3, 0.4) is 0 Å². The average molecular weight is 382 g/mol. The maximum absolute atomic E-state index is 11.5. The van der Waals surface area contributed by atoms with Gasteiger partial charge in [0.25, 0.3) is 0 Å². The third-order valence-corrected chi connectivity index (χ3v) is 4.03. The van der Waals surface area contributed by atoms with Gasteiger partial charge in [-0.15, -0.1) is 0 Å². The lowest BCUT2D eigenvalue weighted by atomic mass is 10.1. The van der Waals surface area contributed by atoms with Crippen molar-refractivity contribution in [2.75, 3.05) is 16.8 Å². The highest BCUT2D eigenvalue weighted by molar-refractivity contribution is 14.1. The number of nitrogens with zero attached hydrogens (tertiary/aromatic N) is 1. The van der Waals surface area contributed by atoms with E-state index in [0.29, 0.717) is 6.54 Å². The van der Waals surface area contributed by atoms with Gasteiger partial charge in [0.1, 0.15) is 5.76 Å². The molecule has 1 aliphatic rings. The first kappa shape index (κ1) is 13.5. The van der Waals surface area contributed by atoms with Crippen LogP contribution in [0.1, 0.15) is 18.2 Å². The lowest BCUT2D eigenvalue weighted by Gasteiger charge is -2.15. The molecule has 0 bridgehead atoms. The largest absolute Gasteiger partial charge is 0.454 e. The Morgan fingerprint density at radius 3 is 2.95 bits per heavy atom. The van der Waals surface area contributed by atoms with Crippen LogP contribution in [0.2, 0.25) is 0 Å². The highest BCUT2D eigenvalue weighted by Gasteiger charge is 2.21. The van der Waals surface area contributed by atoms with Gasteiger partial charge in [0, 0.05) is 24.8 Å². The van der Waals surface area contributed by atoms with Crippen molar-refractivity contribution in [1.29, 1.82) is 0 Å². The fourth-order valence-electron chi connectivity index (χ4n) is 2.47. The number of carbonyl (C=O) groups excluding carboxylic acids is 1. The molecule has 3 rings (SSSR count). The first-order valence-corrected chi connectivity index (χ1v) is 7.60. The second-order valence-electron chi connectivity index (χ2n) is 4.82. The number of benzene rings is 1. The van der Waals surface area contributed by atoms with Crippen molar-refractivity contribution >= 4 is 39.9 Å². The van der Waals surface area contributed by atoms with Gasteiger partial charge in [-0.2, -0.15) is 0 Å². The van der Waals surface area contributed by atoms with E-state index >= 15 is 0 Å². The van der Waals surface area contributed by atoms with Gasteiger partial charge in [-0.05, 0) is 64.9 Å². The smallest absolute Gasteiger partial charge is 0.223 e. The van der Waals surface area contributed by atoms with E-state index in [4.69, 9.17) is 4.42 Å². The molecule has 2 aromatic rings. The second-order valence-corrected chi connectivity index (χ2v) is 5.89. The van der Waals surface area contributed by atoms with Crippen LogP contribution < -0.4 is 10.2 Å². The number of halogens is 1. The number of anilines is 2. The zero-order chi connectivity index (χ0) is 14.1. The molecule has 4 nitrogen and oxygen atoms in total. The Hall–Kier alpha value is -1.50. The number of fused-ring (bicyclic) bond motifs is 1. The molecule has 0 fully saturated rings. The Bertz CT molecular complexity index is 651. The molecule has 1 aliphatic heterocycles. The molecule has 0 spiro atoms. The highest BCUT2D eigenvalue weighted by Crippen LogP contribution is 2.30. The van der Waals surface area contributed by atoms with Crippen LogP contribution in [-0.4, -0.2) is 12.5 Å². The predicted molar refractivity (Wildman–Crippen MR) is 86.9 cm³/mol. The molecule has 2 heterocycles. The van der Waals surface area contributed by atoms with E-state index in [1.807, 2.05) is 29.2 Å². The van der Waals surface area contributed by atoms with Crippen molar-refractivity contribution in [2.24, 2.45) is 0 Å². The molecule has 0 aliphatic carbocycles. The van der Waals surface area contributed by atoms with Crippen LogP contribution in [0.15, 0.2) is 34.7 Å². The Morgan fingerprint density at radius 1 is 1.40 bits per heavy atom. The molecule has 0 radical (unpaired) electrons. The van der Waals surface area contributed by atoms with Crippen LogP contribution in [0.4, 0.5) is 11.4 Å². The molecule has 1 amide bonds. The number of carbonyl (C=O) groups is 1. The van der Waals surface area contributed by atoms with Crippen molar-refractivity contribution in [3.8, 4) is 0 Å². The standard InChI is InChI=1S/C15H15IN2O2/c1-10(19)18-7-6-11-8-12(2-4-14(11)18)17-9-13-3-5-15(16)20-13/h2-5,8,17H,6-7,9H2,1H3. The molecule has 1 aromatic heterocycles. The Kier molecular flexibility index (Phi) is 3.69. The van der Waals surface area contributed by atoms with Gasteiger partial charge in [-0.25, -0.2) is 0 Å². The SMILES string of the molecule is CC(=O)N1CCc2cc(NCc3ccc(I)o3)ccc21. The van der Waals surface area contributed by atoms with Crippen LogP contribution in [-0.2, 0) is 17.8 Å². The number of nitrogens with one attached hydrogen (secondary N) is 1. The molecule has 1 aromatic carbocycles. The zero-order valence-corrected chi connectivity index (χ0v) is 13.3. The van der Waals surface area contributed by atoms with E-state index in [0.717, 1.165) is 33.9 Å². The quantitative estimate of drug-likeness (QED) is 0.828. The monoisotopic (exact) mass is 382 g/mol. The van der Waals surface area contributed by atoms with E-state index in [9.17, 15) is 4.79 Å². The number of hydrogen-bond donors (Lipinski definition) is 1. The maximum atomic E-state index is 11.5. The minimum absolute atomic E-state index is 0.106. The summed E-state index contributed by atoms with van der Waals surface area (Å²) >= 11 is 2.16. The van der Waals surface area contributed by atoms with Gasteiger partial charge in [0.05, 0.1) is 6.54 Å². The fourth-order valence-corrected chi connectivity index (χ4v) is 2.94. The first-order valence-electron chi connectivity index (χ1n) is 6.52. The normalized spacial score (nSPS) is 13.4. The van der Waals surface area contributed by atoms with E-state index in [2.05, 4.69) is 34.0 Å². The minimum Gasteiger partial charge on any atom is -0.454 e. The summed E-state index contributed by atoms with van der Waals surface area (Å²) in [5.74, 6) is 1.02. The molecule has 0 saturated carbocycles. The minimum atomic E-state index is 0.106. The van der Waals surface area contributed by atoms with E-state index in [-0.39, 0.29) is 5.91 Å². The molecule has 0 atom stereocenters. The Morgan fingerprint density at radius 2 is 2.25 bits per heavy atom. The van der Waals surface area contributed by atoms with Gasteiger partial charge in [0.2, 0.25) is 5.91 Å². The summed E-state index contributed by atoms with van der Waals surface area (Å²) < 4.78 is 6.41. The van der Waals surface area contributed by atoms with Crippen LogP contribution in [0, 0.1) is 3.77 Å². The summed E-state index contributed by atoms with van der Waals surface area (Å²) in [7, 11) is 0. The molecule has 0 unspecified atom stereocenters. The topological polar surface area (TPSA) is 45.5 Å². The van der Waals surface area contributed by atoms with E-state index in [1.54, 1.807) is 6.92 Å². The summed E-state index contributed by atoms with van der Waals surface area (Å²) in [5.41, 5.74) is 3.32. The van der Waals surface area contributed by atoms with Crippen molar-refractivity contribution in [3.63, 3.8) is 0 Å². The van der Waals surface area contributed by atoms with Gasteiger partial charge in [-0.3, -0.25) is 4.79 Å². The van der Waals surface area contributed by atoms with Crippen molar-refractivity contribution < 1.29 is 9.21 Å². The molecule has 5 heteroatoms. The molecular formula is C15H15IN2O2. The predicted octanol–water partition coefficient (Wildman–Crippen LogP) is 3.41. The first-order chi connectivity index (χ1) is 9.63. The lowest BCUT2D eigenvalue weighted by Crippen LogP contribution is -2.25. The van der Waals surface area contributed by atoms with E-state index in [1.165, 1.54) is 5.56 Å². The summed E-state index contributed by atoms with van der Waals surface area (Å²) in [6.45, 7) is 3.06. The van der Waals surface area contributed by atoms with Gasteiger partial charge < -0.3 is 14.6 Å². The molecule has 1 N–H and O–H groups in total. The molecule has 0 saturated heterocycles. The average Bonchev–Trinajstić information content (AvgIpc) is 3.01. The zero-order valence-electron chi connectivity index (χ0n) is 11.1. The van der Waals surface area contributed by atoms with Gasteiger partial charge >= 0.3 is 0 Å². The molecule has 104 valence electrons. The molecular weight excluding hydrogens is 367 g/mol. The van der Waals surface area contributed by atoms with Crippen molar-refractivity contribution in [1.82, 2.24) is 0 Å². The maximum Gasteiger partial charge on any atom is 0.223 e. The summed E-state index contributed by atoms with van der Waals surface area (Å²) in [5, 5.41) is 3.35. The number of furan rings is 1. The van der Waals surface area contributed by atoms with Crippen LogP contribution >= 0.6 is 22.6 Å². The highest BCUT2D eigenvalue weighted by atomic mass is 127. The van der Waals surface area contributed by atoms with E-state index < -0.39 is 0 Å². The van der Waals surface area contributed by atoms with Crippen LogP contribution in [0.25, 0.3) is 0 Å². The second kappa shape index (κ2) is 5.47. The van der Waals surface area contributed by atoms with Crippen LogP contribution in [0.5, 0.6) is 0 Å². The Balaban J connectivity index is 1.72. The fraction of sp³-hybridized carbons (Fsp3) is 0.267. The van der Waals surface area contributed by atoms with Gasteiger partial charge in [0.15, 0.2) is 3.77 Å². The number of hydrogen-bond acceptors (Lipinski definition) is 3. The summed E-state index contributed by atoms with van der Waals surface area (Å²) in [6, 6.07) is 10.1. The summed E-state index contributed by atoms with van der Waals surface area (Å²) in [6.07, 6.45) is 0.920.